The quantitative estimate of drug-likeness (QED) is 0.869. The largest absolute Gasteiger partial charge is 0.345 e. The number of hydrogen-bond acceptors (Lipinski definition) is 4. The summed E-state index contributed by atoms with van der Waals surface area (Å²) in [5.74, 6) is -0.0943. The van der Waals surface area contributed by atoms with Gasteiger partial charge in [-0.25, -0.2) is 0 Å². The van der Waals surface area contributed by atoms with Crippen molar-refractivity contribution in [3.05, 3.63) is 10.6 Å². The van der Waals surface area contributed by atoms with Gasteiger partial charge in [0.25, 0.3) is 5.91 Å². The third kappa shape index (κ3) is 3.01. The molecular weight excluding hydrogens is 290 g/mol. The molecule has 0 aromatic carbocycles. The van der Waals surface area contributed by atoms with Gasteiger partial charge in [-0.15, -0.1) is 5.10 Å². The molecule has 0 saturated carbocycles. The third-order valence-electron chi connectivity index (χ3n) is 2.53. The Morgan fingerprint density at radius 3 is 2.75 bits per heavy atom. The highest BCUT2D eigenvalue weighted by Crippen LogP contribution is 2.19. The molecule has 1 aromatic heterocycles. The second kappa shape index (κ2) is 5.23. The average Bonchev–Trinajstić information content (AvgIpc) is 2.64. The number of amides is 1. The van der Waals surface area contributed by atoms with E-state index in [0.717, 1.165) is 23.6 Å². The lowest BCUT2D eigenvalue weighted by atomic mass is 10.0. The predicted molar refractivity (Wildman–Crippen MR) is 69.2 cm³/mol. The minimum Gasteiger partial charge on any atom is -0.345 e. The smallest absolute Gasteiger partial charge is 0.265 e. The molecule has 0 aliphatic rings. The number of rotatable bonds is 4. The van der Waals surface area contributed by atoms with E-state index in [0.29, 0.717) is 4.88 Å². The summed E-state index contributed by atoms with van der Waals surface area (Å²) in [5.41, 5.74) is 0.465. The molecule has 1 rings (SSSR count). The van der Waals surface area contributed by atoms with Crippen molar-refractivity contribution < 1.29 is 4.79 Å². The van der Waals surface area contributed by atoms with Crippen molar-refractivity contribution in [3.8, 4) is 0 Å². The van der Waals surface area contributed by atoms with E-state index >= 15 is 0 Å². The summed E-state index contributed by atoms with van der Waals surface area (Å²) in [6, 6.07) is 0. The van der Waals surface area contributed by atoms with Crippen LogP contribution in [0.3, 0.4) is 0 Å². The predicted octanol–water partition coefficient (Wildman–Crippen LogP) is 2.39. The van der Waals surface area contributed by atoms with Crippen LogP contribution in [0.4, 0.5) is 0 Å². The van der Waals surface area contributed by atoms with Gasteiger partial charge in [0.2, 0.25) is 0 Å². The Labute approximate surface area is 108 Å². The van der Waals surface area contributed by atoms with Crippen molar-refractivity contribution in [2.24, 2.45) is 0 Å². The van der Waals surface area contributed by atoms with Gasteiger partial charge in [-0.2, -0.15) is 0 Å². The van der Waals surface area contributed by atoms with E-state index < -0.39 is 0 Å². The first kappa shape index (κ1) is 13.6. The molecule has 1 unspecified atom stereocenters. The molecule has 90 valence electrons. The summed E-state index contributed by atoms with van der Waals surface area (Å²) >= 11 is 4.63. The first-order chi connectivity index (χ1) is 7.38. The van der Waals surface area contributed by atoms with Gasteiger partial charge in [-0.3, -0.25) is 4.79 Å². The SMILES string of the molecule is CCc1nnsc1C(=O)NC(C)(C)C(C)Br. The van der Waals surface area contributed by atoms with Crippen LogP contribution in [0.15, 0.2) is 0 Å². The van der Waals surface area contributed by atoms with Crippen LogP contribution >= 0.6 is 27.5 Å². The average molecular weight is 306 g/mol. The summed E-state index contributed by atoms with van der Waals surface area (Å²) in [6.07, 6.45) is 0.726. The maximum Gasteiger partial charge on any atom is 0.265 e. The molecule has 6 heteroatoms. The van der Waals surface area contributed by atoms with Gasteiger partial charge in [-0.05, 0) is 31.8 Å². The minimum atomic E-state index is -0.300. The topological polar surface area (TPSA) is 54.9 Å². The Morgan fingerprint density at radius 1 is 1.62 bits per heavy atom. The van der Waals surface area contributed by atoms with Gasteiger partial charge in [0, 0.05) is 10.4 Å². The monoisotopic (exact) mass is 305 g/mol. The fourth-order valence-electron chi connectivity index (χ4n) is 1.06. The van der Waals surface area contributed by atoms with Gasteiger partial charge in [0.1, 0.15) is 4.88 Å². The van der Waals surface area contributed by atoms with E-state index in [2.05, 4.69) is 30.8 Å². The first-order valence-corrected chi connectivity index (χ1v) is 6.85. The minimum absolute atomic E-state index is 0.0943. The molecule has 0 spiro atoms. The molecule has 0 bridgehead atoms. The lowest BCUT2D eigenvalue weighted by Gasteiger charge is -2.28. The first-order valence-electron chi connectivity index (χ1n) is 5.16. The molecule has 0 saturated heterocycles. The number of aromatic nitrogens is 2. The Hall–Kier alpha value is -0.490. The number of halogens is 1. The number of hydrogen-bond donors (Lipinski definition) is 1. The van der Waals surface area contributed by atoms with E-state index in [1.807, 2.05) is 27.7 Å². The standard InChI is InChI=1S/C10H16BrN3OS/c1-5-7-8(16-14-13-7)9(15)12-10(3,4)6(2)11/h6H,5H2,1-4H3,(H,12,15). The van der Waals surface area contributed by atoms with Crippen LogP contribution < -0.4 is 5.32 Å². The third-order valence-corrected chi connectivity index (χ3v) is 4.44. The van der Waals surface area contributed by atoms with E-state index in [-0.39, 0.29) is 16.3 Å². The summed E-state index contributed by atoms with van der Waals surface area (Å²) in [5, 5.41) is 6.90. The second-order valence-corrected chi connectivity index (χ2v) is 6.32. The van der Waals surface area contributed by atoms with Gasteiger partial charge in [0.15, 0.2) is 0 Å². The van der Waals surface area contributed by atoms with Crippen molar-refractivity contribution in [1.29, 1.82) is 0 Å². The van der Waals surface area contributed by atoms with Crippen LogP contribution in [-0.2, 0) is 6.42 Å². The lowest BCUT2D eigenvalue weighted by molar-refractivity contribution is 0.0917. The van der Waals surface area contributed by atoms with Crippen molar-refractivity contribution in [2.75, 3.05) is 0 Å². The van der Waals surface area contributed by atoms with Crippen molar-refractivity contribution >= 4 is 33.4 Å². The molecule has 1 aromatic rings. The fraction of sp³-hybridized carbons (Fsp3) is 0.700. The highest BCUT2D eigenvalue weighted by atomic mass is 79.9. The van der Waals surface area contributed by atoms with E-state index in [1.54, 1.807) is 0 Å². The summed E-state index contributed by atoms with van der Waals surface area (Å²) in [6.45, 7) is 7.92. The number of nitrogens with zero attached hydrogens (tertiary/aromatic N) is 2. The van der Waals surface area contributed by atoms with Crippen molar-refractivity contribution in [2.45, 2.75) is 44.5 Å². The fourth-order valence-corrected chi connectivity index (χ4v) is 1.82. The molecule has 0 radical (unpaired) electrons. The molecule has 0 aliphatic carbocycles. The van der Waals surface area contributed by atoms with Crippen molar-refractivity contribution in [3.63, 3.8) is 0 Å². The molecule has 4 nitrogen and oxygen atoms in total. The molecule has 1 heterocycles. The van der Waals surface area contributed by atoms with Crippen LogP contribution in [0.5, 0.6) is 0 Å². The zero-order chi connectivity index (χ0) is 12.3. The van der Waals surface area contributed by atoms with Gasteiger partial charge in [-0.1, -0.05) is 34.3 Å². The zero-order valence-corrected chi connectivity index (χ0v) is 12.3. The number of aryl methyl sites for hydroxylation is 1. The summed E-state index contributed by atoms with van der Waals surface area (Å²) in [4.78, 5) is 12.8. The molecule has 0 aliphatic heterocycles. The highest BCUT2D eigenvalue weighted by Gasteiger charge is 2.27. The number of carbonyl (C=O) groups is 1. The van der Waals surface area contributed by atoms with E-state index in [4.69, 9.17) is 0 Å². The Balaban J connectivity index is 2.81. The summed E-state index contributed by atoms with van der Waals surface area (Å²) < 4.78 is 3.81. The second-order valence-electron chi connectivity index (χ2n) is 4.19. The number of carbonyl (C=O) groups excluding carboxylic acids is 1. The Bertz CT molecular complexity index is 376. The molecule has 1 N–H and O–H groups in total. The molecule has 1 amide bonds. The highest BCUT2D eigenvalue weighted by molar-refractivity contribution is 9.09. The molecule has 0 fully saturated rings. The molecule has 1 atom stereocenters. The lowest BCUT2D eigenvalue weighted by Crippen LogP contribution is -2.48. The normalized spacial score (nSPS) is 13.6. The van der Waals surface area contributed by atoms with E-state index in [1.165, 1.54) is 0 Å². The van der Waals surface area contributed by atoms with Gasteiger partial charge < -0.3 is 5.32 Å². The molecular formula is C10H16BrN3OS. The van der Waals surface area contributed by atoms with Crippen LogP contribution in [0.1, 0.15) is 43.1 Å². The van der Waals surface area contributed by atoms with Gasteiger partial charge in [0.05, 0.1) is 5.69 Å². The van der Waals surface area contributed by atoms with E-state index in [9.17, 15) is 4.79 Å². The number of alkyl halides is 1. The number of nitrogens with one attached hydrogen (secondary N) is 1. The molecule has 16 heavy (non-hydrogen) atoms. The zero-order valence-electron chi connectivity index (χ0n) is 9.87. The van der Waals surface area contributed by atoms with Crippen LogP contribution in [-0.4, -0.2) is 25.9 Å². The maximum absolute atomic E-state index is 12.0. The maximum atomic E-state index is 12.0. The van der Waals surface area contributed by atoms with Crippen LogP contribution in [0.2, 0.25) is 0 Å². The Morgan fingerprint density at radius 2 is 2.25 bits per heavy atom. The Kier molecular flexibility index (Phi) is 4.43. The summed E-state index contributed by atoms with van der Waals surface area (Å²) in [7, 11) is 0. The van der Waals surface area contributed by atoms with Gasteiger partial charge >= 0.3 is 0 Å². The van der Waals surface area contributed by atoms with Crippen molar-refractivity contribution in [1.82, 2.24) is 14.9 Å². The van der Waals surface area contributed by atoms with Crippen LogP contribution in [0, 0.1) is 0 Å². The van der Waals surface area contributed by atoms with Crippen LogP contribution in [0.25, 0.3) is 0 Å².